The molecule has 0 saturated heterocycles. The van der Waals surface area contributed by atoms with E-state index in [2.05, 4.69) is 4.39 Å². The second-order valence-corrected chi connectivity index (χ2v) is 4.28. The Bertz CT molecular complexity index is 374. The van der Waals surface area contributed by atoms with Crippen LogP contribution in [0, 0.1) is 6.92 Å². The van der Waals surface area contributed by atoms with E-state index < -0.39 is 15.9 Å². The highest BCUT2D eigenvalue weighted by Crippen LogP contribution is 2.09. The van der Waals surface area contributed by atoms with Crippen molar-refractivity contribution in [1.29, 1.82) is 0 Å². The highest BCUT2D eigenvalue weighted by atomic mass is 35.5. The van der Waals surface area contributed by atoms with Crippen molar-refractivity contribution in [1.82, 2.24) is 0 Å². The molecule has 0 aliphatic heterocycles. The molecule has 0 spiro atoms. The zero-order valence-electron chi connectivity index (χ0n) is 7.44. The van der Waals surface area contributed by atoms with Crippen LogP contribution in [0.25, 0.3) is 0 Å². The standard InChI is InChI=1S/C8H9FO3S.ClH/c1-7-2-4-8(5-3-7)6-13(10,11)12-9;/h2-5H,6H2,1H3;1H. The molecule has 0 N–H and O–H groups in total. The third-order valence-corrected chi connectivity index (χ3v) is 2.44. The van der Waals surface area contributed by atoms with Gasteiger partial charge in [-0.25, -0.2) is 0 Å². The second kappa shape index (κ2) is 5.29. The fourth-order valence-electron chi connectivity index (χ4n) is 0.911. The highest BCUT2D eigenvalue weighted by Gasteiger charge is 2.12. The summed E-state index contributed by atoms with van der Waals surface area (Å²) < 4.78 is 35.6. The van der Waals surface area contributed by atoms with Gasteiger partial charge in [0.25, 0.3) is 0 Å². The van der Waals surface area contributed by atoms with Crippen molar-refractivity contribution >= 4 is 22.5 Å². The largest absolute Gasteiger partial charge is 0.302 e. The number of rotatable bonds is 3. The molecule has 0 aliphatic rings. The third-order valence-electron chi connectivity index (χ3n) is 1.56. The van der Waals surface area contributed by atoms with Gasteiger partial charge in [0.2, 0.25) is 0 Å². The Kier molecular flexibility index (Phi) is 5.04. The molecule has 3 nitrogen and oxygen atoms in total. The van der Waals surface area contributed by atoms with E-state index in [4.69, 9.17) is 0 Å². The molecule has 80 valence electrons. The van der Waals surface area contributed by atoms with Crippen LogP contribution in [0.15, 0.2) is 24.3 Å². The summed E-state index contributed by atoms with van der Waals surface area (Å²) in [4.78, 5) is 0. The van der Waals surface area contributed by atoms with E-state index in [1.54, 1.807) is 24.3 Å². The van der Waals surface area contributed by atoms with E-state index >= 15 is 0 Å². The average molecular weight is 241 g/mol. The van der Waals surface area contributed by atoms with E-state index in [1.807, 2.05) is 6.92 Å². The first kappa shape index (κ1) is 13.4. The first-order valence-electron chi connectivity index (χ1n) is 3.62. The molecular weight excluding hydrogens is 231 g/mol. The van der Waals surface area contributed by atoms with Crippen molar-refractivity contribution in [3.63, 3.8) is 0 Å². The molecule has 0 unspecified atom stereocenters. The molecule has 0 aromatic heterocycles. The zero-order chi connectivity index (χ0) is 9.90. The van der Waals surface area contributed by atoms with Gasteiger partial charge in [-0.3, -0.25) is 0 Å². The second-order valence-electron chi connectivity index (χ2n) is 2.75. The lowest BCUT2D eigenvalue weighted by molar-refractivity contribution is 0.00258. The number of hydrogen-bond acceptors (Lipinski definition) is 3. The van der Waals surface area contributed by atoms with Gasteiger partial charge >= 0.3 is 10.1 Å². The lowest BCUT2D eigenvalue weighted by Crippen LogP contribution is -2.03. The van der Waals surface area contributed by atoms with Crippen molar-refractivity contribution in [2.24, 2.45) is 0 Å². The maximum atomic E-state index is 11.4. The van der Waals surface area contributed by atoms with Gasteiger partial charge in [-0.15, -0.1) is 12.4 Å². The molecule has 14 heavy (non-hydrogen) atoms. The van der Waals surface area contributed by atoms with Gasteiger partial charge in [-0.2, -0.15) is 8.42 Å². The Balaban J connectivity index is 0.00000169. The van der Waals surface area contributed by atoms with Gasteiger partial charge < -0.3 is 0 Å². The molecule has 1 aromatic carbocycles. The molecule has 0 amide bonds. The number of aryl methyl sites for hydroxylation is 1. The summed E-state index contributed by atoms with van der Waals surface area (Å²) in [6, 6.07) is 6.74. The average Bonchev–Trinajstić information content (AvgIpc) is 2.09. The third kappa shape index (κ3) is 4.04. The molecule has 0 radical (unpaired) electrons. The Morgan fingerprint density at radius 3 is 2.21 bits per heavy atom. The summed E-state index contributed by atoms with van der Waals surface area (Å²) in [5.41, 5.74) is 1.52. The summed E-state index contributed by atoms with van der Waals surface area (Å²) in [6.07, 6.45) is 0. The van der Waals surface area contributed by atoms with Crippen LogP contribution in [0.5, 0.6) is 0 Å². The van der Waals surface area contributed by atoms with Gasteiger partial charge in [-0.1, -0.05) is 34.2 Å². The first-order valence-corrected chi connectivity index (χ1v) is 5.20. The Morgan fingerprint density at radius 2 is 1.79 bits per heavy atom. The van der Waals surface area contributed by atoms with Crippen LogP contribution in [0.2, 0.25) is 0 Å². The monoisotopic (exact) mass is 240 g/mol. The molecule has 1 aromatic rings. The van der Waals surface area contributed by atoms with Crippen molar-refractivity contribution in [2.45, 2.75) is 12.7 Å². The normalized spacial score (nSPS) is 10.7. The number of hydrogen-bond donors (Lipinski definition) is 0. The topological polar surface area (TPSA) is 43.4 Å². The number of halogens is 2. The van der Waals surface area contributed by atoms with Gasteiger partial charge in [0, 0.05) is 0 Å². The van der Waals surface area contributed by atoms with Crippen LogP contribution >= 0.6 is 12.4 Å². The lowest BCUT2D eigenvalue weighted by Gasteiger charge is -1.99. The predicted molar refractivity (Wildman–Crippen MR) is 53.2 cm³/mol. The molecule has 0 fully saturated rings. The van der Waals surface area contributed by atoms with E-state index in [9.17, 15) is 12.9 Å². The van der Waals surface area contributed by atoms with E-state index in [0.717, 1.165) is 5.56 Å². The zero-order valence-corrected chi connectivity index (χ0v) is 9.07. The lowest BCUT2D eigenvalue weighted by atomic mass is 10.2. The Morgan fingerprint density at radius 1 is 1.29 bits per heavy atom. The number of benzene rings is 1. The summed E-state index contributed by atoms with van der Waals surface area (Å²) in [7, 11) is -4.05. The van der Waals surface area contributed by atoms with Crippen molar-refractivity contribution in [2.75, 3.05) is 0 Å². The van der Waals surface area contributed by atoms with Gasteiger partial charge in [0.15, 0.2) is 0 Å². The van der Waals surface area contributed by atoms with Crippen LogP contribution in [0.3, 0.4) is 0 Å². The SMILES string of the molecule is Cc1ccc(CS(=O)(=O)OF)cc1.Cl. The van der Waals surface area contributed by atoms with Gasteiger partial charge in [0.1, 0.15) is 5.75 Å². The maximum Gasteiger partial charge on any atom is 0.302 e. The van der Waals surface area contributed by atoms with Crippen molar-refractivity contribution in [3.8, 4) is 0 Å². The van der Waals surface area contributed by atoms with Gasteiger partial charge in [0.05, 0.1) is 0 Å². The fraction of sp³-hybridized carbons (Fsp3) is 0.250. The smallest absolute Gasteiger partial charge is 0.196 e. The Labute approximate surface area is 88.3 Å². The molecular formula is C8H10ClFO3S. The minimum Gasteiger partial charge on any atom is -0.196 e. The van der Waals surface area contributed by atoms with Crippen molar-refractivity contribution in [3.05, 3.63) is 35.4 Å². The Hall–Kier alpha value is -0.650. The van der Waals surface area contributed by atoms with Gasteiger partial charge in [-0.05, 0) is 17.0 Å². The summed E-state index contributed by atoms with van der Waals surface area (Å²) >= 11 is 0. The molecule has 0 saturated carbocycles. The van der Waals surface area contributed by atoms with E-state index in [0.29, 0.717) is 5.56 Å². The van der Waals surface area contributed by atoms with Crippen LogP contribution in [0.4, 0.5) is 4.53 Å². The van der Waals surface area contributed by atoms with E-state index in [-0.39, 0.29) is 12.4 Å². The predicted octanol–water partition coefficient (Wildman–Crippen LogP) is 2.15. The van der Waals surface area contributed by atoms with Crippen LogP contribution < -0.4 is 0 Å². The summed E-state index contributed by atoms with van der Waals surface area (Å²) in [6.45, 7) is 1.88. The maximum absolute atomic E-state index is 11.4. The quantitative estimate of drug-likeness (QED) is 0.813. The van der Waals surface area contributed by atoms with Crippen molar-refractivity contribution < 1.29 is 17.3 Å². The molecule has 0 bridgehead atoms. The minimum absolute atomic E-state index is 0. The van der Waals surface area contributed by atoms with Crippen LogP contribution in [-0.4, -0.2) is 8.42 Å². The summed E-state index contributed by atoms with van der Waals surface area (Å²) in [5, 5.41) is 0. The van der Waals surface area contributed by atoms with Crippen LogP contribution in [0.1, 0.15) is 11.1 Å². The molecule has 0 atom stereocenters. The van der Waals surface area contributed by atoms with Crippen LogP contribution in [-0.2, 0) is 20.3 Å². The minimum atomic E-state index is -4.05. The fourth-order valence-corrected chi connectivity index (χ4v) is 1.56. The summed E-state index contributed by atoms with van der Waals surface area (Å²) in [5.74, 6) is -0.441. The first-order chi connectivity index (χ1) is 6.03. The van der Waals surface area contributed by atoms with E-state index in [1.165, 1.54) is 0 Å². The molecule has 0 aliphatic carbocycles. The molecule has 6 heteroatoms. The highest BCUT2D eigenvalue weighted by molar-refractivity contribution is 7.85. The molecule has 1 rings (SSSR count). The molecule has 0 heterocycles.